The summed E-state index contributed by atoms with van der Waals surface area (Å²) >= 11 is 0. The van der Waals surface area contributed by atoms with E-state index < -0.39 is 0 Å². The minimum Gasteiger partial charge on any atom is -0.333 e. The van der Waals surface area contributed by atoms with Crippen molar-refractivity contribution in [3.05, 3.63) is 83.3 Å². The van der Waals surface area contributed by atoms with Crippen molar-refractivity contribution in [2.24, 2.45) is 0 Å². The third kappa shape index (κ3) is 3.86. The van der Waals surface area contributed by atoms with E-state index in [1.54, 1.807) is 0 Å². The fraction of sp³-hybridized carbons (Fsp3) is 0.292. The van der Waals surface area contributed by atoms with Gasteiger partial charge in [-0.25, -0.2) is 9.97 Å². The van der Waals surface area contributed by atoms with Gasteiger partial charge in [-0.1, -0.05) is 48.5 Å². The fourth-order valence-electron chi connectivity index (χ4n) is 3.99. The first-order valence-electron chi connectivity index (χ1n) is 10.1. The number of nitrogens with zero attached hydrogens (tertiary/aromatic N) is 4. The van der Waals surface area contributed by atoms with Crippen LogP contribution in [-0.2, 0) is 13.0 Å². The Bertz CT molecular complexity index is 1020. The van der Waals surface area contributed by atoms with Gasteiger partial charge in [0.05, 0.1) is 0 Å². The molecule has 5 heteroatoms. The number of rotatable bonds is 5. The van der Waals surface area contributed by atoms with Gasteiger partial charge in [0.2, 0.25) is 0 Å². The third-order valence-corrected chi connectivity index (χ3v) is 5.38. The Morgan fingerprint density at radius 1 is 1.10 bits per heavy atom. The van der Waals surface area contributed by atoms with Gasteiger partial charge in [0.1, 0.15) is 17.3 Å². The van der Waals surface area contributed by atoms with E-state index in [9.17, 15) is 4.79 Å². The highest BCUT2D eigenvalue weighted by Gasteiger charge is 2.29. The smallest absolute Gasteiger partial charge is 0.272 e. The van der Waals surface area contributed by atoms with Crippen molar-refractivity contribution in [1.29, 1.82) is 0 Å². The van der Waals surface area contributed by atoms with Crippen molar-refractivity contribution in [2.45, 2.75) is 39.8 Å². The van der Waals surface area contributed by atoms with E-state index >= 15 is 0 Å². The molecule has 5 nitrogen and oxygen atoms in total. The average molecular weight is 386 g/mol. The van der Waals surface area contributed by atoms with Crippen LogP contribution in [0.5, 0.6) is 0 Å². The maximum atomic E-state index is 13.2. The van der Waals surface area contributed by atoms with Crippen LogP contribution in [0.25, 0.3) is 0 Å². The number of carbonyl (C=O) groups excluding carboxylic acids is 1. The zero-order chi connectivity index (χ0) is 20.4. The number of fused-ring (bicyclic) bond motifs is 1. The summed E-state index contributed by atoms with van der Waals surface area (Å²) in [6.07, 6.45) is 0.970. The van der Waals surface area contributed by atoms with E-state index in [-0.39, 0.29) is 11.9 Å². The summed E-state index contributed by atoms with van der Waals surface area (Å²) in [4.78, 5) is 26.4. The maximum Gasteiger partial charge on any atom is 0.272 e. The van der Waals surface area contributed by atoms with Crippen molar-refractivity contribution < 1.29 is 4.79 Å². The van der Waals surface area contributed by atoms with Crippen LogP contribution in [0.3, 0.4) is 0 Å². The van der Waals surface area contributed by atoms with Gasteiger partial charge in [-0.3, -0.25) is 4.79 Å². The summed E-state index contributed by atoms with van der Waals surface area (Å²) in [6.45, 7) is 7.22. The van der Waals surface area contributed by atoms with Gasteiger partial charge in [0, 0.05) is 30.9 Å². The standard InChI is InChI=1S/C24H26N4O/c1-4-27(16-19-10-6-5-7-11-19)24(29)21-15-23(26-18(3)25-21)28-17(2)14-20-12-8-9-13-22(20)28/h5-13,15,17H,4,14,16H2,1-3H3. The van der Waals surface area contributed by atoms with Crippen LogP contribution in [0.15, 0.2) is 60.7 Å². The highest BCUT2D eigenvalue weighted by molar-refractivity contribution is 5.93. The molecule has 1 aliphatic heterocycles. The van der Waals surface area contributed by atoms with Crippen molar-refractivity contribution in [1.82, 2.24) is 14.9 Å². The summed E-state index contributed by atoms with van der Waals surface area (Å²) in [5.74, 6) is 1.33. The molecule has 4 rings (SSSR count). The minimum atomic E-state index is -0.0664. The molecule has 29 heavy (non-hydrogen) atoms. The normalized spacial score (nSPS) is 15.3. The van der Waals surface area contributed by atoms with E-state index in [0.717, 1.165) is 23.5 Å². The van der Waals surface area contributed by atoms with E-state index in [4.69, 9.17) is 0 Å². The molecule has 0 N–H and O–H groups in total. The van der Waals surface area contributed by atoms with Crippen LogP contribution in [-0.4, -0.2) is 33.4 Å². The molecule has 1 unspecified atom stereocenters. The first-order chi connectivity index (χ1) is 14.1. The van der Waals surface area contributed by atoms with Gasteiger partial charge in [-0.05, 0) is 44.4 Å². The minimum absolute atomic E-state index is 0.0664. The Hall–Kier alpha value is -3.21. The summed E-state index contributed by atoms with van der Waals surface area (Å²) < 4.78 is 0. The van der Waals surface area contributed by atoms with Crippen LogP contribution in [0, 0.1) is 6.92 Å². The second-order valence-corrected chi connectivity index (χ2v) is 7.52. The molecule has 1 amide bonds. The van der Waals surface area contributed by atoms with Crippen molar-refractivity contribution in [3.8, 4) is 0 Å². The molecular formula is C24H26N4O. The van der Waals surface area contributed by atoms with E-state index in [1.165, 1.54) is 5.56 Å². The lowest BCUT2D eigenvalue weighted by Crippen LogP contribution is -2.32. The lowest BCUT2D eigenvalue weighted by molar-refractivity contribution is 0.0746. The van der Waals surface area contributed by atoms with Crippen LogP contribution in [0.2, 0.25) is 0 Å². The molecule has 0 fully saturated rings. The quantitative estimate of drug-likeness (QED) is 0.646. The van der Waals surface area contributed by atoms with E-state index in [0.29, 0.717) is 24.6 Å². The number of aryl methyl sites for hydroxylation is 1. The largest absolute Gasteiger partial charge is 0.333 e. The monoisotopic (exact) mass is 386 g/mol. The molecule has 2 heterocycles. The number of benzene rings is 2. The molecule has 1 atom stereocenters. The zero-order valence-corrected chi connectivity index (χ0v) is 17.2. The summed E-state index contributed by atoms with van der Waals surface area (Å²) in [6, 6.07) is 20.6. The molecule has 0 saturated heterocycles. The molecule has 0 saturated carbocycles. The molecule has 1 aliphatic rings. The van der Waals surface area contributed by atoms with Crippen LogP contribution in [0.4, 0.5) is 11.5 Å². The molecule has 3 aromatic rings. The Balaban J connectivity index is 1.65. The molecule has 0 bridgehead atoms. The number of hydrogen-bond donors (Lipinski definition) is 0. The highest BCUT2D eigenvalue weighted by atomic mass is 16.2. The summed E-state index contributed by atoms with van der Waals surface area (Å²) in [5.41, 5.74) is 4.02. The molecular weight excluding hydrogens is 360 g/mol. The third-order valence-electron chi connectivity index (χ3n) is 5.38. The van der Waals surface area contributed by atoms with E-state index in [1.807, 2.05) is 61.2 Å². The first kappa shape index (κ1) is 19.1. The second kappa shape index (κ2) is 8.03. The lowest BCUT2D eigenvalue weighted by atomic mass is 10.1. The average Bonchev–Trinajstić information content (AvgIpc) is 3.07. The van der Waals surface area contributed by atoms with Gasteiger partial charge < -0.3 is 9.80 Å². The Kier molecular flexibility index (Phi) is 5.30. The second-order valence-electron chi connectivity index (χ2n) is 7.52. The number of hydrogen-bond acceptors (Lipinski definition) is 4. The van der Waals surface area contributed by atoms with Gasteiger partial charge in [0.15, 0.2) is 0 Å². The fourth-order valence-corrected chi connectivity index (χ4v) is 3.99. The Morgan fingerprint density at radius 2 is 1.83 bits per heavy atom. The summed E-state index contributed by atoms with van der Waals surface area (Å²) in [7, 11) is 0. The van der Waals surface area contributed by atoms with Crippen LogP contribution < -0.4 is 4.90 Å². The number of carbonyl (C=O) groups is 1. The van der Waals surface area contributed by atoms with Crippen molar-refractivity contribution in [3.63, 3.8) is 0 Å². The number of anilines is 2. The van der Waals surface area contributed by atoms with Crippen LogP contribution in [0.1, 0.15) is 41.3 Å². The van der Waals surface area contributed by atoms with Crippen molar-refractivity contribution in [2.75, 3.05) is 11.4 Å². The Labute approximate surface area is 172 Å². The molecule has 148 valence electrons. The molecule has 0 radical (unpaired) electrons. The lowest BCUT2D eigenvalue weighted by Gasteiger charge is -2.25. The van der Waals surface area contributed by atoms with Gasteiger partial charge in [-0.15, -0.1) is 0 Å². The van der Waals surface area contributed by atoms with Crippen molar-refractivity contribution >= 4 is 17.4 Å². The highest BCUT2D eigenvalue weighted by Crippen LogP contribution is 2.37. The molecule has 2 aromatic carbocycles. The SMILES string of the molecule is CCN(Cc1ccccc1)C(=O)c1cc(N2c3ccccc3CC2C)nc(C)n1. The predicted octanol–water partition coefficient (Wildman–Crippen LogP) is 4.53. The first-order valence-corrected chi connectivity index (χ1v) is 10.1. The molecule has 0 aliphatic carbocycles. The number of aromatic nitrogens is 2. The zero-order valence-electron chi connectivity index (χ0n) is 17.2. The van der Waals surface area contributed by atoms with Crippen LogP contribution >= 0.6 is 0 Å². The Morgan fingerprint density at radius 3 is 2.59 bits per heavy atom. The number of amides is 1. The predicted molar refractivity (Wildman–Crippen MR) is 115 cm³/mol. The maximum absolute atomic E-state index is 13.2. The van der Waals surface area contributed by atoms with Gasteiger partial charge in [-0.2, -0.15) is 0 Å². The molecule has 1 aromatic heterocycles. The summed E-state index contributed by atoms with van der Waals surface area (Å²) in [5, 5.41) is 0. The van der Waals surface area contributed by atoms with E-state index in [2.05, 4.69) is 40.0 Å². The molecule has 0 spiro atoms. The number of para-hydroxylation sites is 1. The van der Waals surface area contributed by atoms with Gasteiger partial charge in [0.25, 0.3) is 5.91 Å². The topological polar surface area (TPSA) is 49.3 Å². The van der Waals surface area contributed by atoms with Gasteiger partial charge >= 0.3 is 0 Å².